The van der Waals surface area contributed by atoms with E-state index >= 15 is 0 Å². The number of fused-ring (bicyclic) bond motifs is 2. The smallest absolute Gasteiger partial charge is 0.326 e. The Bertz CT molecular complexity index is 2590. The Morgan fingerprint density at radius 2 is 1.68 bits per heavy atom. The first kappa shape index (κ1) is 43.9. The van der Waals surface area contributed by atoms with Gasteiger partial charge in [-0.3, -0.25) is 24.6 Å². The molecule has 2 aliphatic rings. The molecule has 0 spiro atoms. The molecular formula is C51H51Cl2N5O5. The molecule has 324 valence electrons. The quantitative estimate of drug-likeness (QED) is 0.117. The number of benzene rings is 4. The monoisotopic (exact) mass is 883 g/mol. The van der Waals surface area contributed by atoms with E-state index in [9.17, 15) is 14.7 Å². The maximum absolute atomic E-state index is 14.3. The molecule has 0 unspecified atom stereocenters. The standard InChI is InChI=1S/C51H51Cl2N5O5/c1-5-47(36-15-18-43(52)44(53)24-36)62-41-16-13-35(14-17-41)49-30-57(4)27-39-23-37-25-46(58(28-38(37)26-48(39)63-49)29-40-8-6-7-20-55-40)50(59)56-45(51(60)61)22-33-9-11-34(12-10-33)42-19-21-54-32(3)31(42)2/h6-21,23-24,26,45-47,49H,5,22,25,27-30H2,1-4H3,(H,56,59)(H,60,61)/t45-,46-,47-,49+/m0/s1. The molecule has 2 aliphatic heterocycles. The van der Waals surface area contributed by atoms with Crippen LogP contribution in [-0.4, -0.2) is 62.4 Å². The summed E-state index contributed by atoms with van der Waals surface area (Å²) in [4.78, 5) is 40.3. The van der Waals surface area contributed by atoms with Gasteiger partial charge >= 0.3 is 5.97 Å². The summed E-state index contributed by atoms with van der Waals surface area (Å²) in [6, 6.07) is 31.8. The van der Waals surface area contributed by atoms with Gasteiger partial charge in [-0.2, -0.15) is 0 Å². The average molecular weight is 885 g/mol. The molecule has 2 N–H and O–H groups in total. The lowest BCUT2D eigenvalue weighted by Crippen LogP contribution is -2.54. The van der Waals surface area contributed by atoms with Gasteiger partial charge in [-0.1, -0.05) is 84.7 Å². The van der Waals surface area contributed by atoms with Crippen molar-refractivity contribution in [3.8, 4) is 22.6 Å². The topological polar surface area (TPSA) is 117 Å². The minimum absolute atomic E-state index is 0.144. The zero-order valence-electron chi connectivity index (χ0n) is 35.9. The Labute approximate surface area is 378 Å². The number of carboxylic acid groups (broad SMARTS) is 1. The fraction of sp³-hybridized carbons (Fsp3) is 0.294. The maximum Gasteiger partial charge on any atom is 0.326 e. The summed E-state index contributed by atoms with van der Waals surface area (Å²) in [6.07, 6.45) is 4.43. The summed E-state index contributed by atoms with van der Waals surface area (Å²) in [5.74, 6) is 0.133. The minimum atomic E-state index is -1.12. The van der Waals surface area contributed by atoms with Crippen LogP contribution in [0.25, 0.3) is 11.1 Å². The van der Waals surface area contributed by atoms with Crippen molar-refractivity contribution >= 4 is 35.1 Å². The van der Waals surface area contributed by atoms with E-state index < -0.39 is 18.1 Å². The number of rotatable bonds is 13. The largest absolute Gasteiger partial charge is 0.486 e. The molecule has 8 rings (SSSR count). The van der Waals surface area contributed by atoms with Gasteiger partial charge in [0.25, 0.3) is 0 Å². The molecule has 0 bridgehead atoms. The predicted molar refractivity (Wildman–Crippen MR) is 246 cm³/mol. The van der Waals surface area contributed by atoms with E-state index in [0.29, 0.717) is 42.6 Å². The van der Waals surface area contributed by atoms with Crippen molar-refractivity contribution in [1.29, 1.82) is 0 Å². The Kier molecular flexibility index (Phi) is 13.4. The van der Waals surface area contributed by atoms with E-state index in [1.807, 2.05) is 86.6 Å². The molecule has 0 fully saturated rings. The van der Waals surface area contributed by atoms with Crippen molar-refractivity contribution in [3.05, 3.63) is 176 Å². The van der Waals surface area contributed by atoms with Crippen LogP contribution in [0.2, 0.25) is 10.0 Å². The van der Waals surface area contributed by atoms with Crippen LogP contribution in [0.3, 0.4) is 0 Å². The lowest BCUT2D eigenvalue weighted by atomic mass is 9.90. The number of aromatic nitrogens is 2. The van der Waals surface area contributed by atoms with Gasteiger partial charge in [0.05, 0.1) is 21.8 Å². The number of carboxylic acids is 1. The molecule has 10 nitrogen and oxygen atoms in total. The van der Waals surface area contributed by atoms with E-state index in [-0.39, 0.29) is 24.5 Å². The molecule has 4 atom stereocenters. The van der Waals surface area contributed by atoms with Crippen molar-refractivity contribution in [2.45, 2.75) is 84.0 Å². The molecule has 12 heteroatoms. The van der Waals surface area contributed by atoms with E-state index in [0.717, 1.165) is 79.4 Å². The first-order valence-corrected chi connectivity index (χ1v) is 22.1. The number of ether oxygens (including phenoxy) is 2. The number of nitrogens with one attached hydrogen (secondary N) is 1. The molecule has 0 saturated carbocycles. The first-order valence-electron chi connectivity index (χ1n) is 21.3. The van der Waals surface area contributed by atoms with Crippen molar-refractivity contribution in [3.63, 3.8) is 0 Å². The van der Waals surface area contributed by atoms with Gasteiger partial charge in [0.2, 0.25) is 5.91 Å². The van der Waals surface area contributed by atoms with Crippen molar-refractivity contribution in [1.82, 2.24) is 25.1 Å². The van der Waals surface area contributed by atoms with Crippen molar-refractivity contribution in [2.24, 2.45) is 0 Å². The van der Waals surface area contributed by atoms with E-state index in [4.69, 9.17) is 32.7 Å². The Morgan fingerprint density at radius 3 is 2.40 bits per heavy atom. The number of aliphatic carboxylic acids is 1. The lowest BCUT2D eigenvalue weighted by molar-refractivity contribution is -0.142. The van der Waals surface area contributed by atoms with Gasteiger partial charge in [-0.05, 0) is 127 Å². The first-order chi connectivity index (χ1) is 30.4. The molecular weight excluding hydrogens is 833 g/mol. The van der Waals surface area contributed by atoms with Crippen LogP contribution in [0.5, 0.6) is 11.5 Å². The fourth-order valence-corrected chi connectivity index (χ4v) is 8.89. The third-order valence-corrected chi connectivity index (χ3v) is 12.9. The molecule has 0 aliphatic carbocycles. The Balaban J connectivity index is 0.997. The number of hydrogen-bond donors (Lipinski definition) is 2. The van der Waals surface area contributed by atoms with Gasteiger partial charge in [0.15, 0.2) is 0 Å². The van der Waals surface area contributed by atoms with E-state index in [1.54, 1.807) is 18.5 Å². The second kappa shape index (κ2) is 19.3. The van der Waals surface area contributed by atoms with Crippen LogP contribution >= 0.6 is 23.2 Å². The SMILES string of the molecule is CC[C@H](Oc1ccc([C@H]2CN(C)Cc3cc4c(cc3O2)CN(Cc2ccccn2)[C@H](C(=O)N[C@@H](Cc2ccc(-c3ccnc(C)c3C)cc2)C(=O)O)C4)cc1)c1ccc(Cl)c(Cl)c1. The van der Waals surface area contributed by atoms with Gasteiger partial charge in [0, 0.05) is 56.3 Å². The number of hydrogen-bond acceptors (Lipinski definition) is 8. The molecule has 6 aromatic rings. The number of aryl methyl sites for hydroxylation is 1. The fourth-order valence-electron chi connectivity index (χ4n) is 8.58. The number of halogens is 2. The van der Waals surface area contributed by atoms with Crippen LogP contribution in [-0.2, 0) is 42.1 Å². The van der Waals surface area contributed by atoms with E-state index in [2.05, 4.69) is 63.3 Å². The summed E-state index contributed by atoms with van der Waals surface area (Å²) in [7, 11) is 2.08. The number of amides is 1. The average Bonchev–Trinajstić information content (AvgIpc) is 3.44. The number of nitrogens with zero attached hydrogens (tertiary/aromatic N) is 4. The third kappa shape index (κ3) is 10.2. The highest BCUT2D eigenvalue weighted by Crippen LogP contribution is 2.37. The molecule has 2 aromatic heterocycles. The minimum Gasteiger partial charge on any atom is -0.486 e. The zero-order valence-corrected chi connectivity index (χ0v) is 37.4. The van der Waals surface area contributed by atoms with Gasteiger partial charge in [-0.15, -0.1) is 0 Å². The van der Waals surface area contributed by atoms with Crippen LogP contribution in [0.1, 0.15) is 75.9 Å². The van der Waals surface area contributed by atoms with Crippen molar-refractivity contribution in [2.75, 3.05) is 13.6 Å². The Morgan fingerprint density at radius 1 is 0.889 bits per heavy atom. The number of pyridine rings is 2. The highest BCUT2D eigenvalue weighted by Gasteiger charge is 2.36. The van der Waals surface area contributed by atoms with Crippen LogP contribution in [0.15, 0.2) is 116 Å². The van der Waals surface area contributed by atoms with Crippen molar-refractivity contribution < 1.29 is 24.2 Å². The summed E-state index contributed by atoms with van der Waals surface area (Å²) in [6.45, 7) is 8.29. The third-order valence-electron chi connectivity index (χ3n) is 12.2. The maximum atomic E-state index is 14.3. The summed E-state index contributed by atoms with van der Waals surface area (Å²) < 4.78 is 13.2. The van der Waals surface area contributed by atoms with E-state index in [1.165, 1.54) is 0 Å². The van der Waals surface area contributed by atoms with Gasteiger partial charge in [0.1, 0.15) is 29.7 Å². The van der Waals surface area contributed by atoms with Gasteiger partial charge < -0.3 is 19.9 Å². The van der Waals surface area contributed by atoms with Crippen LogP contribution < -0.4 is 14.8 Å². The molecule has 0 saturated heterocycles. The normalized spacial score (nSPS) is 17.4. The summed E-state index contributed by atoms with van der Waals surface area (Å²) >= 11 is 12.5. The number of likely N-dealkylation sites (N-methyl/N-ethyl adjacent to an activating group) is 1. The predicted octanol–water partition coefficient (Wildman–Crippen LogP) is 9.90. The van der Waals surface area contributed by atoms with Crippen LogP contribution in [0, 0.1) is 13.8 Å². The summed E-state index contributed by atoms with van der Waals surface area (Å²) in [5.41, 5.74) is 10.9. The van der Waals surface area contributed by atoms with Gasteiger partial charge in [-0.25, -0.2) is 4.79 Å². The second-order valence-electron chi connectivity index (χ2n) is 16.6. The number of carbonyl (C=O) groups excluding carboxylic acids is 1. The molecule has 1 amide bonds. The van der Waals surface area contributed by atoms with Crippen LogP contribution in [0.4, 0.5) is 0 Å². The summed E-state index contributed by atoms with van der Waals surface area (Å²) in [5, 5.41) is 14.3. The zero-order chi connectivity index (χ0) is 44.2. The molecule has 4 heterocycles. The number of carbonyl (C=O) groups is 2. The molecule has 4 aromatic carbocycles. The molecule has 63 heavy (non-hydrogen) atoms. The highest BCUT2D eigenvalue weighted by molar-refractivity contribution is 6.42. The highest BCUT2D eigenvalue weighted by atomic mass is 35.5. The molecule has 0 radical (unpaired) electrons. The lowest BCUT2D eigenvalue weighted by Gasteiger charge is -2.37. The second-order valence-corrected chi connectivity index (χ2v) is 17.4. The Hall–Kier alpha value is -5.78.